The number of ether oxygens (including phenoxy) is 1. The van der Waals surface area contributed by atoms with Gasteiger partial charge in [-0.3, -0.25) is 9.59 Å². The van der Waals surface area contributed by atoms with E-state index in [0.717, 1.165) is 5.56 Å². The van der Waals surface area contributed by atoms with Gasteiger partial charge in [0.1, 0.15) is 6.61 Å². The van der Waals surface area contributed by atoms with Crippen molar-refractivity contribution in [2.45, 2.75) is 39.3 Å². The molecule has 1 atom stereocenters. The number of esters is 1. The van der Waals surface area contributed by atoms with Gasteiger partial charge in [0.05, 0.1) is 25.0 Å². The number of benzene rings is 1. The summed E-state index contributed by atoms with van der Waals surface area (Å²) in [4.78, 5) is 25.8. The molecule has 1 aromatic rings. The predicted octanol–water partition coefficient (Wildman–Crippen LogP) is 1.85. The number of carbonyl (C=O) groups excluding carboxylic acids is 2. The molecule has 0 heterocycles. The Bertz CT molecular complexity index is 567. The second kappa shape index (κ2) is 10.4. The van der Waals surface area contributed by atoms with Gasteiger partial charge < -0.3 is 15.4 Å². The van der Waals surface area contributed by atoms with Gasteiger partial charge in [-0.05, 0) is 11.5 Å². The van der Waals surface area contributed by atoms with Crippen LogP contribution in [0.15, 0.2) is 30.3 Å². The van der Waals surface area contributed by atoms with Crippen LogP contribution in [0.2, 0.25) is 0 Å². The third-order valence-corrected chi connectivity index (χ3v) is 3.34. The zero-order chi connectivity index (χ0) is 17.9. The van der Waals surface area contributed by atoms with Crippen LogP contribution < -0.4 is 5.73 Å². The Morgan fingerprint density at radius 3 is 2.54 bits per heavy atom. The van der Waals surface area contributed by atoms with Crippen molar-refractivity contribution >= 4 is 11.9 Å². The Hall–Kier alpha value is -2.39. The minimum atomic E-state index is -0.953. The number of amides is 1. The summed E-state index contributed by atoms with van der Waals surface area (Å²) in [5, 5.41) is 8.70. The second-order valence-electron chi connectivity index (χ2n) is 6.04. The molecule has 0 aliphatic rings. The molecule has 0 aliphatic carbocycles. The fraction of sp³-hybridized carbons (Fsp3) is 0.500. The van der Waals surface area contributed by atoms with Gasteiger partial charge >= 0.3 is 5.97 Å². The van der Waals surface area contributed by atoms with E-state index < -0.39 is 12.0 Å². The van der Waals surface area contributed by atoms with Crippen LogP contribution in [0.3, 0.4) is 0 Å². The van der Waals surface area contributed by atoms with E-state index in [0.29, 0.717) is 13.1 Å². The van der Waals surface area contributed by atoms with E-state index >= 15 is 0 Å². The molecule has 0 fully saturated rings. The van der Waals surface area contributed by atoms with Crippen LogP contribution in [0, 0.1) is 17.2 Å². The largest absolute Gasteiger partial charge is 0.461 e. The highest BCUT2D eigenvalue weighted by molar-refractivity contribution is 5.86. The van der Waals surface area contributed by atoms with Gasteiger partial charge in [-0.15, -0.1) is 0 Å². The molecule has 2 N–H and O–H groups in total. The Balaban J connectivity index is 2.50. The first kappa shape index (κ1) is 19.7. The highest BCUT2D eigenvalue weighted by atomic mass is 16.5. The first-order valence-electron chi connectivity index (χ1n) is 8.05. The summed E-state index contributed by atoms with van der Waals surface area (Å²) >= 11 is 0. The molecular weight excluding hydrogens is 306 g/mol. The second-order valence-corrected chi connectivity index (χ2v) is 6.04. The maximum atomic E-state index is 12.4. The maximum Gasteiger partial charge on any atom is 0.308 e. The first-order chi connectivity index (χ1) is 11.4. The Labute approximate surface area is 143 Å². The van der Waals surface area contributed by atoms with Crippen molar-refractivity contribution in [2.24, 2.45) is 11.7 Å². The number of carbonyl (C=O) groups is 2. The number of nitrogens with zero attached hydrogens (tertiary/aromatic N) is 2. The lowest BCUT2D eigenvalue weighted by Gasteiger charge is -2.26. The topological polar surface area (TPSA) is 96.4 Å². The number of nitriles is 1. The molecule has 0 saturated heterocycles. The zero-order valence-electron chi connectivity index (χ0n) is 14.3. The van der Waals surface area contributed by atoms with Gasteiger partial charge in [0.15, 0.2) is 0 Å². The molecule has 0 aromatic heterocycles. The quantitative estimate of drug-likeness (QED) is 0.697. The number of hydrogen-bond donors (Lipinski definition) is 1. The lowest BCUT2D eigenvalue weighted by molar-refractivity contribution is -0.148. The van der Waals surface area contributed by atoms with Gasteiger partial charge in [0.25, 0.3) is 0 Å². The van der Waals surface area contributed by atoms with Gasteiger partial charge in [-0.1, -0.05) is 44.2 Å². The lowest BCUT2D eigenvalue weighted by atomic mass is 10.1. The maximum absolute atomic E-state index is 12.4. The molecule has 1 rings (SSSR count). The Kier molecular flexibility index (Phi) is 8.52. The van der Waals surface area contributed by atoms with Crippen LogP contribution in [-0.2, 0) is 20.9 Å². The Morgan fingerprint density at radius 1 is 1.29 bits per heavy atom. The molecule has 1 aromatic carbocycles. The number of rotatable bonds is 9. The molecule has 130 valence electrons. The van der Waals surface area contributed by atoms with Crippen molar-refractivity contribution in [1.29, 1.82) is 5.26 Å². The summed E-state index contributed by atoms with van der Waals surface area (Å²) in [6.45, 7) is 4.94. The van der Waals surface area contributed by atoms with Gasteiger partial charge in [-0.2, -0.15) is 5.26 Å². The van der Waals surface area contributed by atoms with Gasteiger partial charge in [0, 0.05) is 13.1 Å². The van der Waals surface area contributed by atoms with Crippen molar-refractivity contribution in [3.63, 3.8) is 0 Å². The van der Waals surface area contributed by atoms with Crippen LogP contribution in [0.5, 0.6) is 0 Å². The highest BCUT2D eigenvalue weighted by Gasteiger charge is 2.24. The van der Waals surface area contributed by atoms with E-state index in [1.165, 1.54) is 0 Å². The van der Waals surface area contributed by atoms with Crippen LogP contribution in [-0.4, -0.2) is 35.9 Å². The fourth-order valence-electron chi connectivity index (χ4n) is 2.22. The molecule has 0 aliphatic heterocycles. The van der Waals surface area contributed by atoms with E-state index in [2.05, 4.69) is 0 Å². The molecule has 0 bridgehead atoms. The van der Waals surface area contributed by atoms with E-state index in [1.54, 1.807) is 4.90 Å². The SMILES string of the molecule is CC(C)CN(CCC#N)C(=O)[C@@H](N)CC(=O)OCc1ccccc1. The molecule has 1 amide bonds. The molecule has 24 heavy (non-hydrogen) atoms. The monoisotopic (exact) mass is 331 g/mol. The zero-order valence-corrected chi connectivity index (χ0v) is 14.3. The average molecular weight is 331 g/mol. The molecule has 0 radical (unpaired) electrons. The Morgan fingerprint density at radius 2 is 1.96 bits per heavy atom. The molecular formula is C18H25N3O3. The fourth-order valence-corrected chi connectivity index (χ4v) is 2.22. The smallest absolute Gasteiger partial charge is 0.308 e. The minimum Gasteiger partial charge on any atom is -0.461 e. The molecule has 6 nitrogen and oxygen atoms in total. The standard InChI is InChI=1S/C18H25N3O3/c1-14(2)12-21(10-6-9-19)18(23)16(20)11-17(22)24-13-15-7-4-3-5-8-15/h3-5,7-8,14,16H,6,10-13,20H2,1-2H3/t16-/m0/s1. The third-order valence-electron chi connectivity index (χ3n) is 3.34. The van der Waals surface area contributed by atoms with Crippen molar-refractivity contribution < 1.29 is 14.3 Å². The molecule has 0 saturated carbocycles. The van der Waals surface area contributed by atoms with Gasteiger partial charge in [0.2, 0.25) is 5.91 Å². The number of nitrogens with two attached hydrogens (primary N) is 1. The van der Waals surface area contributed by atoms with Crippen LogP contribution in [0.1, 0.15) is 32.3 Å². The van der Waals surface area contributed by atoms with Crippen molar-refractivity contribution in [1.82, 2.24) is 4.90 Å². The third kappa shape index (κ3) is 7.25. The van der Waals surface area contributed by atoms with Crippen molar-refractivity contribution in [2.75, 3.05) is 13.1 Å². The summed E-state index contributed by atoms with van der Waals surface area (Å²) in [5.41, 5.74) is 6.74. The predicted molar refractivity (Wildman–Crippen MR) is 90.5 cm³/mol. The van der Waals surface area contributed by atoms with Crippen LogP contribution in [0.4, 0.5) is 0 Å². The molecule has 0 spiro atoms. The summed E-state index contributed by atoms with van der Waals surface area (Å²) in [6.07, 6.45) is 0.0659. The summed E-state index contributed by atoms with van der Waals surface area (Å²) in [5.74, 6) is -0.579. The van der Waals surface area contributed by atoms with Gasteiger partial charge in [-0.25, -0.2) is 0 Å². The summed E-state index contributed by atoms with van der Waals surface area (Å²) in [7, 11) is 0. The normalized spacial score (nSPS) is 11.6. The van der Waals surface area contributed by atoms with Crippen LogP contribution in [0.25, 0.3) is 0 Å². The summed E-state index contributed by atoms with van der Waals surface area (Å²) < 4.78 is 5.15. The van der Waals surface area contributed by atoms with E-state index in [-0.39, 0.29) is 31.3 Å². The lowest BCUT2D eigenvalue weighted by Crippen LogP contribution is -2.46. The highest BCUT2D eigenvalue weighted by Crippen LogP contribution is 2.07. The van der Waals surface area contributed by atoms with Crippen molar-refractivity contribution in [3.8, 4) is 6.07 Å². The molecule has 0 unspecified atom stereocenters. The van der Waals surface area contributed by atoms with E-state index in [1.807, 2.05) is 50.2 Å². The first-order valence-corrected chi connectivity index (χ1v) is 8.05. The van der Waals surface area contributed by atoms with E-state index in [4.69, 9.17) is 15.7 Å². The summed E-state index contributed by atoms with van der Waals surface area (Å²) in [6, 6.07) is 10.4. The number of hydrogen-bond acceptors (Lipinski definition) is 5. The van der Waals surface area contributed by atoms with E-state index in [9.17, 15) is 9.59 Å². The van der Waals surface area contributed by atoms with Crippen molar-refractivity contribution in [3.05, 3.63) is 35.9 Å². The van der Waals surface area contributed by atoms with Crippen LogP contribution >= 0.6 is 0 Å². The molecule has 6 heteroatoms. The minimum absolute atomic E-state index is 0.157. The average Bonchev–Trinajstić information content (AvgIpc) is 2.56.